The molecule has 0 N–H and O–H groups in total. The Morgan fingerprint density at radius 1 is 0.941 bits per heavy atom. The van der Waals surface area contributed by atoms with Crippen LogP contribution in [-0.2, 0) is 29.5 Å². The number of halogens is 5. The van der Waals surface area contributed by atoms with Gasteiger partial charge in [-0.25, -0.2) is 5.57 Å². The van der Waals surface area contributed by atoms with Gasteiger partial charge in [-0.3, -0.25) is 6.08 Å². The van der Waals surface area contributed by atoms with Gasteiger partial charge in [-0.05, 0) is 0 Å². The summed E-state index contributed by atoms with van der Waals surface area (Å²) in [6.07, 6.45) is -0.926. The van der Waals surface area contributed by atoms with Crippen molar-refractivity contribution in [2.24, 2.45) is 5.92 Å². The van der Waals surface area contributed by atoms with Crippen molar-refractivity contribution in [1.82, 2.24) is 0 Å². The largest absolute Gasteiger partial charge is 0.416 e. The van der Waals surface area contributed by atoms with E-state index < -0.39 is 11.7 Å². The molecule has 3 aromatic rings. The normalized spacial score (nSPS) is 14.7. The fourth-order valence-corrected chi connectivity index (χ4v) is 3.40. The van der Waals surface area contributed by atoms with Crippen LogP contribution in [0.4, 0.5) is 13.2 Å². The summed E-state index contributed by atoms with van der Waals surface area (Å²) in [5, 5.41) is 2.15. The van der Waals surface area contributed by atoms with Crippen molar-refractivity contribution >= 4 is 41.0 Å². The van der Waals surface area contributed by atoms with Crippen LogP contribution < -0.4 is 0 Å². The predicted octanol–water partition coefficient (Wildman–Crippen LogP) is 9.59. The Balaban J connectivity index is 0.000000614. The molecule has 1 aliphatic rings. The molecule has 0 aliphatic heterocycles. The van der Waals surface area contributed by atoms with Gasteiger partial charge in [0.15, 0.2) is 0 Å². The Kier molecular flexibility index (Phi) is 14.1. The average molecular weight is 603 g/mol. The van der Waals surface area contributed by atoms with Gasteiger partial charge in [0.1, 0.15) is 0 Å². The molecule has 4 rings (SSSR count). The van der Waals surface area contributed by atoms with E-state index in [1.165, 1.54) is 28.9 Å². The molecule has 0 spiro atoms. The van der Waals surface area contributed by atoms with Crippen molar-refractivity contribution in [3.05, 3.63) is 89.0 Å². The Morgan fingerprint density at radius 3 is 1.88 bits per heavy atom. The molecule has 0 radical (unpaired) electrons. The van der Waals surface area contributed by atoms with Crippen LogP contribution in [0.1, 0.15) is 33.3 Å². The van der Waals surface area contributed by atoms with E-state index >= 15 is 0 Å². The zero-order valence-electron chi connectivity index (χ0n) is 20.3. The van der Waals surface area contributed by atoms with Crippen molar-refractivity contribution in [3.8, 4) is 11.1 Å². The van der Waals surface area contributed by atoms with Gasteiger partial charge < -0.3 is 0 Å². The third kappa shape index (κ3) is 9.22. The van der Waals surface area contributed by atoms with Crippen LogP contribution in [0.15, 0.2) is 77.4 Å². The molecule has 0 fully saturated rings. The van der Waals surface area contributed by atoms with Gasteiger partial charge in [0.2, 0.25) is 0 Å². The summed E-state index contributed by atoms with van der Waals surface area (Å²) >= 11 is 1.74. The molecule has 0 heterocycles. The van der Waals surface area contributed by atoms with Gasteiger partial charge in [-0.2, -0.15) is 24.3 Å². The van der Waals surface area contributed by atoms with Crippen molar-refractivity contribution in [1.29, 1.82) is 0 Å². The molecule has 7 heteroatoms. The quantitative estimate of drug-likeness (QED) is 0.192. The predicted molar refractivity (Wildman–Crippen MR) is 142 cm³/mol. The minimum atomic E-state index is -4.29. The summed E-state index contributed by atoms with van der Waals surface area (Å²) in [6.45, 7) is 13.3. The molecule has 34 heavy (non-hydrogen) atoms. The van der Waals surface area contributed by atoms with E-state index in [0.717, 1.165) is 34.0 Å². The topological polar surface area (TPSA) is 0 Å². The second-order valence-corrected chi connectivity index (χ2v) is 17.6. The summed E-state index contributed by atoms with van der Waals surface area (Å²) in [4.78, 5) is 0. The Labute approximate surface area is 229 Å². The van der Waals surface area contributed by atoms with Crippen LogP contribution in [0.2, 0.25) is 13.1 Å². The number of hydrogen-bond donors (Lipinski definition) is 0. The van der Waals surface area contributed by atoms with Crippen LogP contribution in [0.5, 0.6) is 0 Å². The van der Waals surface area contributed by atoms with Gasteiger partial charge in [0.25, 0.3) is 0 Å². The zero-order chi connectivity index (χ0) is 24.1. The van der Waals surface area contributed by atoms with Crippen molar-refractivity contribution in [2.75, 3.05) is 0 Å². The van der Waals surface area contributed by atoms with E-state index in [0.29, 0.717) is 5.92 Å². The smallest absolute Gasteiger partial charge is 0.166 e. The number of alkyl halides is 3. The van der Waals surface area contributed by atoms with Gasteiger partial charge in [-0.15, -0.1) is 78.4 Å². The summed E-state index contributed by atoms with van der Waals surface area (Å²) in [5.74, 6) is 0.560. The second-order valence-electron chi connectivity index (χ2n) is 8.21. The maximum Gasteiger partial charge on any atom is 0.416 e. The monoisotopic (exact) mass is 600 g/mol. The third-order valence-electron chi connectivity index (χ3n) is 5.44. The first kappa shape index (κ1) is 33.0. The Hall–Kier alpha value is -1.00. The summed E-state index contributed by atoms with van der Waals surface area (Å²) < 4.78 is 37.5. The van der Waals surface area contributed by atoms with Crippen LogP contribution >= 0.6 is 24.8 Å². The minimum Gasteiger partial charge on any atom is -0.166 e. The molecule has 0 amide bonds. The molecule has 0 nitrogen and oxygen atoms in total. The van der Waals surface area contributed by atoms with E-state index in [-0.39, 0.29) is 30.2 Å². The molecule has 1 unspecified atom stereocenters. The van der Waals surface area contributed by atoms with Crippen molar-refractivity contribution in [3.63, 3.8) is 0 Å². The van der Waals surface area contributed by atoms with E-state index in [9.17, 15) is 13.2 Å². The van der Waals surface area contributed by atoms with Gasteiger partial charge in [0.05, 0.1) is 5.56 Å². The van der Waals surface area contributed by atoms with Crippen molar-refractivity contribution < 1.29 is 36.5 Å². The molecule has 1 atom stereocenters. The second kappa shape index (κ2) is 14.5. The summed E-state index contributed by atoms with van der Waals surface area (Å²) in [5.41, 5.74) is 5.60. The molecule has 0 saturated heterocycles. The first-order valence-electron chi connectivity index (χ1n) is 10.5. The summed E-state index contributed by atoms with van der Waals surface area (Å²) in [7, 11) is 0. The summed E-state index contributed by atoms with van der Waals surface area (Å²) in [6, 6.07) is 17.0. The molecular weight excluding hydrogens is 572 g/mol. The van der Waals surface area contributed by atoms with E-state index in [1.807, 2.05) is 36.4 Å². The molecule has 3 aromatic carbocycles. The number of allylic oxidation sites excluding steroid dienone is 4. The van der Waals surface area contributed by atoms with E-state index in [4.69, 9.17) is 0 Å². The van der Waals surface area contributed by atoms with Crippen LogP contribution in [0, 0.1) is 12.0 Å². The van der Waals surface area contributed by atoms with E-state index in [1.54, 1.807) is 23.3 Å². The van der Waals surface area contributed by atoms with Crippen LogP contribution in [0.25, 0.3) is 21.9 Å². The number of fused-ring (bicyclic) bond motifs is 1. The van der Waals surface area contributed by atoms with E-state index in [2.05, 4.69) is 46.9 Å². The molecule has 182 valence electrons. The van der Waals surface area contributed by atoms with Gasteiger partial charge in [-0.1, -0.05) is 62.6 Å². The number of benzene rings is 2. The third-order valence-corrected chi connectivity index (χ3v) is 5.44. The van der Waals surface area contributed by atoms with Crippen LogP contribution in [0.3, 0.4) is 0 Å². The SMILES string of the molecule is CC1=[C-]C(C)C(C)=C1C.C[Si](C)=[Zr+2].Cl.Cl.FC(F)(F)c1ccc(-c2c[cH-]c3ccccc23)cc1. The molecule has 0 aromatic heterocycles. The Bertz CT molecular complexity index is 1140. The number of hydrogen-bond acceptors (Lipinski definition) is 0. The zero-order valence-corrected chi connectivity index (χ0v) is 25.4. The first-order valence-corrected chi connectivity index (χ1v) is 16.7. The van der Waals surface area contributed by atoms with Crippen LogP contribution in [-0.4, -0.2) is 5.43 Å². The fourth-order valence-electron chi connectivity index (χ4n) is 3.40. The maximum absolute atomic E-state index is 12.5. The standard InChI is InChI=1S/C16H10F3.C9H13.C2H6Si.2ClH.Zr/c17-16(18,19)13-8-5-12(6-9-13)15-10-7-11-3-1-2-4-14(11)15;1-6-5-7(2)9(4)8(6)3;1-3-2;;;/h1-10H;6H,1-4H3;1-2H3;2*1H;/q2*-1;;;;+2. The molecular formula is C27H31Cl2F3SiZr. The minimum absolute atomic E-state index is 0. The molecule has 1 aliphatic carbocycles. The fraction of sp³-hybridized carbons (Fsp3) is 0.296. The van der Waals surface area contributed by atoms with Gasteiger partial charge in [0, 0.05) is 0 Å². The van der Waals surface area contributed by atoms with Crippen molar-refractivity contribution in [2.45, 2.75) is 47.0 Å². The maximum atomic E-state index is 12.5. The van der Waals surface area contributed by atoms with Gasteiger partial charge >= 0.3 is 48.0 Å². The Morgan fingerprint density at radius 2 is 1.47 bits per heavy atom. The molecule has 0 saturated carbocycles. The molecule has 0 bridgehead atoms. The average Bonchev–Trinajstić information content (AvgIpc) is 3.24. The first-order chi connectivity index (χ1) is 14.9. The number of rotatable bonds is 1.